The minimum absolute atomic E-state index is 0.782. The monoisotopic (exact) mass is 294 g/mol. The molecule has 0 saturated heterocycles. The van der Waals surface area contributed by atoms with Crippen LogP contribution in [0.1, 0.15) is 18.4 Å². The van der Waals surface area contributed by atoms with Crippen LogP contribution in [0.2, 0.25) is 0 Å². The summed E-state index contributed by atoms with van der Waals surface area (Å²) >= 11 is 7.91. The predicted octanol–water partition coefficient (Wildman–Crippen LogP) is 3.85. The Morgan fingerprint density at radius 2 is 1.75 bits per heavy atom. The molecule has 1 aromatic carbocycles. The van der Waals surface area contributed by atoms with E-state index in [1.165, 1.54) is 15.6 Å². The molecule has 0 spiro atoms. The lowest BCUT2D eigenvalue weighted by molar-refractivity contribution is 0.800. The molecular weight excluding hydrogens is 282 g/mol. The van der Waals surface area contributed by atoms with Crippen LogP contribution in [-0.4, -0.2) is 5.88 Å². The first-order chi connectivity index (χ1) is 5.83. The highest BCUT2D eigenvalue weighted by atomic mass is 127. The SMILES string of the molecule is ClCCCCc1ccc(I)cc1. The molecule has 0 saturated carbocycles. The highest BCUT2D eigenvalue weighted by Crippen LogP contribution is 2.09. The van der Waals surface area contributed by atoms with Gasteiger partial charge in [0, 0.05) is 9.45 Å². The quantitative estimate of drug-likeness (QED) is 0.449. The smallest absolute Gasteiger partial charge is 0.0223 e. The molecule has 0 heterocycles. The molecule has 1 aromatic rings. The van der Waals surface area contributed by atoms with E-state index < -0.39 is 0 Å². The lowest BCUT2D eigenvalue weighted by atomic mass is 10.1. The fraction of sp³-hybridized carbons (Fsp3) is 0.400. The van der Waals surface area contributed by atoms with E-state index in [4.69, 9.17) is 11.6 Å². The molecule has 0 fully saturated rings. The molecule has 0 aliphatic heterocycles. The fourth-order valence-corrected chi connectivity index (χ4v) is 1.62. The molecule has 0 bridgehead atoms. The summed E-state index contributed by atoms with van der Waals surface area (Å²) in [7, 11) is 0. The second kappa shape index (κ2) is 5.81. The molecule has 66 valence electrons. The van der Waals surface area contributed by atoms with Crippen molar-refractivity contribution < 1.29 is 0 Å². The maximum absolute atomic E-state index is 5.59. The van der Waals surface area contributed by atoms with Crippen LogP contribution in [0.3, 0.4) is 0 Å². The molecule has 0 unspecified atom stereocenters. The first-order valence-electron chi connectivity index (χ1n) is 4.13. The Bertz CT molecular complexity index is 218. The molecular formula is C10H12ClI. The van der Waals surface area contributed by atoms with Gasteiger partial charge in [0.2, 0.25) is 0 Å². The maximum Gasteiger partial charge on any atom is 0.0223 e. The van der Waals surface area contributed by atoms with Crippen molar-refractivity contribution in [1.29, 1.82) is 0 Å². The molecule has 0 aromatic heterocycles. The number of unbranched alkanes of at least 4 members (excludes halogenated alkanes) is 1. The Morgan fingerprint density at radius 3 is 2.33 bits per heavy atom. The average molecular weight is 295 g/mol. The first kappa shape index (κ1) is 10.3. The second-order valence-electron chi connectivity index (χ2n) is 2.77. The molecule has 0 atom stereocenters. The summed E-state index contributed by atoms with van der Waals surface area (Å²) < 4.78 is 1.30. The van der Waals surface area contributed by atoms with Crippen LogP contribution in [0.5, 0.6) is 0 Å². The molecule has 0 radical (unpaired) electrons. The summed E-state index contributed by atoms with van der Waals surface area (Å²) in [5.74, 6) is 0.782. The van der Waals surface area contributed by atoms with Crippen molar-refractivity contribution in [3.05, 3.63) is 33.4 Å². The van der Waals surface area contributed by atoms with Gasteiger partial charge in [-0.3, -0.25) is 0 Å². The topological polar surface area (TPSA) is 0 Å². The standard InChI is InChI=1S/C10H12ClI/c11-8-2-1-3-9-4-6-10(12)7-5-9/h4-7H,1-3,8H2. The van der Waals surface area contributed by atoms with E-state index in [2.05, 4.69) is 46.9 Å². The number of hydrogen-bond acceptors (Lipinski definition) is 0. The predicted molar refractivity (Wildman–Crippen MR) is 62.8 cm³/mol. The van der Waals surface area contributed by atoms with Gasteiger partial charge in [0.1, 0.15) is 0 Å². The largest absolute Gasteiger partial charge is 0.127 e. The van der Waals surface area contributed by atoms with Gasteiger partial charge < -0.3 is 0 Å². The number of benzene rings is 1. The molecule has 1 rings (SSSR count). The molecule has 2 heteroatoms. The Morgan fingerprint density at radius 1 is 1.08 bits per heavy atom. The first-order valence-corrected chi connectivity index (χ1v) is 5.74. The van der Waals surface area contributed by atoms with Gasteiger partial charge in [-0.15, -0.1) is 11.6 Å². The Balaban J connectivity index is 2.37. The summed E-state index contributed by atoms with van der Waals surface area (Å²) in [6.07, 6.45) is 3.47. The zero-order valence-electron chi connectivity index (χ0n) is 6.89. The van der Waals surface area contributed by atoms with Crippen LogP contribution < -0.4 is 0 Å². The van der Waals surface area contributed by atoms with Crippen molar-refractivity contribution in [1.82, 2.24) is 0 Å². The van der Waals surface area contributed by atoms with Crippen molar-refractivity contribution >= 4 is 34.2 Å². The van der Waals surface area contributed by atoms with Gasteiger partial charge in [-0.1, -0.05) is 12.1 Å². The van der Waals surface area contributed by atoms with Crippen molar-refractivity contribution in [2.24, 2.45) is 0 Å². The van der Waals surface area contributed by atoms with Gasteiger partial charge in [0.25, 0.3) is 0 Å². The van der Waals surface area contributed by atoms with E-state index in [1.807, 2.05) is 0 Å². The van der Waals surface area contributed by atoms with Crippen LogP contribution in [-0.2, 0) is 6.42 Å². The van der Waals surface area contributed by atoms with Crippen molar-refractivity contribution in [3.63, 3.8) is 0 Å². The van der Waals surface area contributed by atoms with Crippen LogP contribution in [0.25, 0.3) is 0 Å². The van der Waals surface area contributed by atoms with Gasteiger partial charge in [0.05, 0.1) is 0 Å². The number of rotatable bonds is 4. The average Bonchev–Trinajstić information content (AvgIpc) is 2.09. The Kier molecular flexibility index (Phi) is 5.00. The minimum atomic E-state index is 0.782. The molecule has 0 nitrogen and oxygen atoms in total. The van der Waals surface area contributed by atoms with Gasteiger partial charge in [-0.05, 0) is 59.5 Å². The molecule has 0 N–H and O–H groups in total. The summed E-state index contributed by atoms with van der Waals surface area (Å²) in [5.41, 5.74) is 1.42. The van der Waals surface area contributed by atoms with Crippen molar-refractivity contribution in [2.75, 3.05) is 5.88 Å². The van der Waals surface area contributed by atoms with Crippen LogP contribution in [0, 0.1) is 3.57 Å². The van der Waals surface area contributed by atoms with Crippen LogP contribution >= 0.6 is 34.2 Å². The number of alkyl halides is 1. The van der Waals surface area contributed by atoms with E-state index >= 15 is 0 Å². The van der Waals surface area contributed by atoms with E-state index in [0.29, 0.717) is 0 Å². The highest BCUT2D eigenvalue weighted by molar-refractivity contribution is 14.1. The number of halogens is 2. The van der Waals surface area contributed by atoms with E-state index in [9.17, 15) is 0 Å². The Labute approximate surface area is 92.5 Å². The van der Waals surface area contributed by atoms with Gasteiger partial charge >= 0.3 is 0 Å². The molecule has 0 aliphatic carbocycles. The van der Waals surface area contributed by atoms with E-state index in [1.54, 1.807) is 0 Å². The van der Waals surface area contributed by atoms with E-state index in [-0.39, 0.29) is 0 Å². The minimum Gasteiger partial charge on any atom is -0.127 e. The second-order valence-corrected chi connectivity index (χ2v) is 4.40. The number of hydrogen-bond donors (Lipinski definition) is 0. The Hall–Kier alpha value is 0.240. The third-order valence-corrected chi connectivity index (χ3v) is 2.75. The van der Waals surface area contributed by atoms with Crippen LogP contribution in [0.4, 0.5) is 0 Å². The lowest BCUT2D eigenvalue weighted by Gasteiger charge is -1.99. The van der Waals surface area contributed by atoms with Gasteiger partial charge in [-0.25, -0.2) is 0 Å². The summed E-state index contributed by atoms with van der Waals surface area (Å²) in [5, 5.41) is 0. The van der Waals surface area contributed by atoms with Gasteiger partial charge in [0.15, 0.2) is 0 Å². The fourth-order valence-electron chi connectivity index (χ4n) is 1.07. The van der Waals surface area contributed by atoms with Crippen molar-refractivity contribution in [2.45, 2.75) is 19.3 Å². The third kappa shape index (κ3) is 3.76. The maximum atomic E-state index is 5.59. The molecule has 12 heavy (non-hydrogen) atoms. The highest BCUT2D eigenvalue weighted by Gasteiger charge is 1.92. The van der Waals surface area contributed by atoms with Crippen molar-refractivity contribution in [3.8, 4) is 0 Å². The van der Waals surface area contributed by atoms with E-state index in [0.717, 1.165) is 18.7 Å². The molecule has 0 aliphatic rings. The summed E-state index contributed by atoms with van der Waals surface area (Å²) in [6.45, 7) is 0. The third-order valence-electron chi connectivity index (χ3n) is 1.76. The normalized spacial score (nSPS) is 10.2. The summed E-state index contributed by atoms with van der Waals surface area (Å²) in [4.78, 5) is 0. The van der Waals surface area contributed by atoms with Gasteiger partial charge in [-0.2, -0.15) is 0 Å². The zero-order valence-corrected chi connectivity index (χ0v) is 9.81. The zero-order chi connectivity index (χ0) is 8.81. The van der Waals surface area contributed by atoms with Crippen LogP contribution in [0.15, 0.2) is 24.3 Å². The lowest BCUT2D eigenvalue weighted by Crippen LogP contribution is -1.85. The number of aryl methyl sites for hydroxylation is 1. The molecule has 0 amide bonds. The summed E-state index contributed by atoms with van der Waals surface area (Å²) in [6, 6.07) is 8.68.